The number of fused-ring (bicyclic) bond motifs is 1. The molecule has 34 heavy (non-hydrogen) atoms. The van der Waals surface area contributed by atoms with Gasteiger partial charge in [0, 0.05) is 25.2 Å². The van der Waals surface area contributed by atoms with Crippen molar-refractivity contribution < 1.29 is 8.78 Å². The Morgan fingerprint density at radius 1 is 0.882 bits per heavy atom. The smallest absolute Gasteiger partial charge is 0.149 e. The van der Waals surface area contributed by atoms with E-state index in [2.05, 4.69) is 59.5 Å². The van der Waals surface area contributed by atoms with Crippen molar-refractivity contribution in [3.63, 3.8) is 0 Å². The van der Waals surface area contributed by atoms with Crippen LogP contribution in [0.15, 0.2) is 72.3 Å². The molecule has 0 spiro atoms. The predicted octanol–water partition coefficient (Wildman–Crippen LogP) is 7.83. The Kier molecular flexibility index (Phi) is 6.94. The van der Waals surface area contributed by atoms with E-state index in [1.807, 2.05) is 12.1 Å². The molecule has 1 aliphatic heterocycles. The Morgan fingerprint density at radius 3 is 2.44 bits per heavy atom. The first-order valence-corrected chi connectivity index (χ1v) is 12.4. The summed E-state index contributed by atoms with van der Waals surface area (Å²) >= 11 is 6.17. The third-order valence-corrected chi connectivity index (χ3v) is 7.06. The van der Waals surface area contributed by atoms with Crippen LogP contribution in [0, 0.1) is 5.82 Å². The zero-order chi connectivity index (χ0) is 23.5. The predicted molar refractivity (Wildman–Crippen MR) is 138 cm³/mol. The van der Waals surface area contributed by atoms with E-state index in [9.17, 15) is 4.39 Å². The molecule has 0 aromatic heterocycles. The lowest BCUT2D eigenvalue weighted by atomic mass is 9.87. The summed E-state index contributed by atoms with van der Waals surface area (Å²) in [6.07, 6.45) is 5.55. The number of benzene rings is 3. The highest BCUT2D eigenvalue weighted by Gasteiger charge is 2.23. The van der Waals surface area contributed by atoms with E-state index < -0.39 is 0 Å². The Bertz CT molecular complexity index is 1230. The van der Waals surface area contributed by atoms with Crippen LogP contribution in [0.25, 0.3) is 17.2 Å². The van der Waals surface area contributed by atoms with E-state index in [1.54, 1.807) is 6.07 Å². The van der Waals surface area contributed by atoms with Crippen LogP contribution < -0.4 is 0 Å². The Hall–Kier alpha value is -2.75. The van der Waals surface area contributed by atoms with Crippen LogP contribution in [-0.2, 0) is 6.42 Å². The van der Waals surface area contributed by atoms with Crippen LogP contribution in [0.4, 0.5) is 8.78 Å². The number of hydrogen-bond donors (Lipinski definition) is 0. The number of aryl methyl sites for hydroxylation is 1. The summed E-state index contributed by atoms with van der Waals surface area (Å²) in [5.41, 5.74) is 8.77. The molecule has 1 nitrogen and oxygen atoms in total. The summed E-state index contributed by atoms with van der Waals surface area (Å²) in [6, 6.07) is 22.3. The van der Waals surface area contributed by atoms with Crippen LogP contribution >= 0.6 is 11.6 Å². The molecule has 0 amide bonds. The van der Waals surface area contributed by atoms with Crippen molar-refractivity contribution in [3.8, 4) is 0 Å². The molecule has 0 atom stereocenters. The molecule has 2 aliphatic rings. The summed E-state index contributed by atoms with van der Waals surface area (Å²) in [7, 11) is 0. The molecule has 4 heteroatoms. The van der Waals surface area contributed by atoms with Crippen molar-refractivity contribution in [3.05, 3.63) is 111 Å². The van der Waals surface area contributed by atoms with E-state index in [4.69, 9.17) is 11.6 Å². The first-order chi connectivity index (χ1) is 16.6. The molecular formula is C30H28ClF2N. The van der Waals surface area contributed by atoms with Gasteiger partial charge in [0.25, 0.3) is 0 Å². The normalized spacial score (nSPS) is 16.1. The average molecular weight is 476 g/mol. The monoisotopic (exact) mass is 475 g/mol. The molecule has 0 N–H and O–H groups in total. The summed E-state index contributed by atoms with van der Waals surface area (Å²) in [4.78, 5) is 2.26. The SMILES string of the molecule is FCCCN1CC(=Cc2ccc(C3=C(c4cccc(Cl)c4F)CCCc4ccccc43)cc2)C1. The van der Waals surface area contributed by atoms with Crippen LogP contribution in [0.3, 0.4) is 0 Å². The average Bonchev–Trinajstić information content (AvgIpc) is 3.02. The molecule has 174 valence electrons. The second kappa shape index (κ2) is 10.2. The number of hydrogen-bond acceptors (Lipinski definition) is 1. The van der Waals surface area contributed by atoms with E-state index >= 15 is 4.39 Å². The maximum Gasteiger partial charge on any atom is 0.149 e. The lowest BCUT2D eigenvalue weighted by molar-refractivity contribution is 0.239. The summed E-state index contributed by atoms with van der Waals surface area (Å²) in [6.45, 7) is 2.40. The van der Waals surface area contributed by atoms with E-state index in [0.29, 0.717) is 12.0 Å². The van der Waals surface area contributed by atoms with Gasteiger partial charge in [-0.3, -0.25) is 9.29 Å². The number of allylic oxidation sites excluding steroid dienone is 1. The van der Waals surface area contributed by atoms with Gasteiger partial charge in [0.2, 0.25) is 0 Å². The first kappa shape index (κ1) is 23.0. The van der Waals surface area contributed by atoms with Gasteiger partial charge < -0.3 is 0 Å². The van der Waals surface area contributed by atoms with Gasteiger partial charge in [-0.15, -0.1) is 0 Å². The molecule has 3 aromatic carbocycles. The van der Waals surface area contributed by atoms with E-state index in [0.717, 1.165) is 61.2 Å². The molecule has 0 saturated carbocycles. The zero-order valence-electron chi connectivity index (χ0n) is 19.2. The van der Waals surface area contributed by atoms with Gasteiger partial charge in [0.1, 0.15) is 5.82 Å². The molecule has 1 aliphatic carbocycles. The molecular weight excluding hydrogens is 448 g/mol. The summed E-state index contributed by atoms with van der Waals surface area (Å²) in [5, 5.41) is 0.157. The minimum atomic E-state index is -0.348. The van der Waals surface area contributed by atoms with Crippen molar-refractivity contribution in [1.29, 1.82) is 0 Å². The molecule has 0 unspecified atom stereocenters. The van der Waals surface area contributed by atoms with E-state index in [-0.39, 0.29) is 17.5 Å². The van der Waals surface area contributed by atoms with Gasteiger partial charge >= 0.3 is 0 Å². The second-order valence-corrected chi connectivity index (χ2v) is 9.55. The maximum absolute atomic E-state index is 15.1. The fourth-order valence-electron chi connectivity index (χ4n) is 5.10. The van der Waals surface area contributed by atoms with Gasteiger partial charge in [-0.05, 0) is 70.7 Å². The highest BCUT2D eigenvalue weighted by Crippen LogP contribution is 2.41. The van der Waals surface area contributed by atoms with Gasteiger partial charge in [-0.2, -0.15) is 0 Å². The van der Waals surface area contributed by atoms with Gasteiger partial charge in [-0.25, -0.2) is 4.39 Å². The van der Waals surface area contributed by atoms with Gasteiger partial charge in [0.05, 0.1) is 11.7 Å². The highest BCUT2D eigenvalue weighted by molar-refractivity contribution is 6.31. The van der Waals surface area contributed by atoms with Crippen LogP contribution in [-0.4, -0.2) is 31.2 Å². The van der Waals surface area contributed by atoms with Crippen LogP contribution in [0.1, 0.15) is 47.1 Å². The number of rotatable bonds is 6. The number of nitrogens with zero attached hydrogens (tertiary/aromatic N) is 1. The molecule has 1 heterocycles. The number of alkyl halides is 1. The highest BCUT2D eigenvalue weighted by atomic mass is 35.5. The zero-order valence-corrected chi connectivity index (χ0v) is 19.9. The third kappa shape index (κ3) is 4.73. The van der Waals surface area contributed by atoms with Crippen molar-refractivity contribution in [2.45, 2.75) is 25.7 Å². The summed E-state index contributed by atoms with van der Waals surface area (Å²) in [5.74, 6) is -0.348. The van der Waals surface area contributed by atoms with Gasteiger partial charge in [0.15, 0.2) is 0 Å². The van der Waals surface area contributed by atoms with Crippen molar-refractivity contribution in [1.82, 2.24) is 4.90 Å². The minimum absolute atomic E-state index is 0.157. The van der Waals surface area contributed by atoms with Crippen LogP contribution in [0.2, 0.25) is 5.02 Å². The van der Waals surface area contributed by atoms with Crippen molar-refractivity contribution in [2.24, 2.45) is 0 Å². The lowest BCUT2D eigenvalue weighted by Gasteiger charge is -2.33. The molecule has 5 rings (SSSR count). The Morgan fingerprint density at radius 2 is 1.65 bits per heavy atom. The van der Waals surface area contributed by atoms with E-state index in [1.165, 1.54) is 16.7 Å². The molecule has 0 radical (unpaired) electrons. The standard InChI is InChI=1S/C30H28ClF2N/c31-28-11-4-10-27(30(28)33)26-9-3-7-23-6-1-2-8-25(23)29(26)24-14-12-21(13-15-24)18-22-19-34(20-22)17-5-16-32/h1-2,4,6,8,10-15,18H,3,5,7,9,16-17,19-20H2. The lowest BCUT2D eigenvalue weighted by Crippen LogP contribution is -2.40. The largest absolute Gasteiger partial charge is 0.295 e. The van der Waals surface area contributed by atoms with Crippen molar-refractivity contribution in [2.75, 3.05) is 26.3 Å². The fraction of sp³-hybridized carbons (Fsp3) is 0.267. The van der Waals surface area contributed by atoms with Crippen molar-refractivity contribution >= 4 is 28.8 Å². The minimum Gasteiger partial charge on any atom is -0.295 e. The van der Waals surface area contributed by atoms with Gasteiger partial charge in [-0.1, -0.05) is 78.3 Å². The maximum atomic E-state index is 15.1. The molecule has 3 aromatic rings. The Labute approximate surface area is 205 Å². The topological polar surface area (TPSA) is 3.24 Å². The first-order valence-electron chi connectivity index (χ1n) is 12.0. The number of halogens is 3. The summed E-state index contributed by atoms with van der Waals surface area (Å²) < 4.78 is 27.5. The molecule has 0 bridgehead atoms. The van der Waals surface area contributed by atoms with Crippen LogP contribution in [0.5, 0.6) is 0 Å². The quantitative estimate of drug-likeness (QED) is 0.351. The fourth-order valence-corrected chi connectivity index (χ4v) is 5.28. The Balaban J connectivity index is 1.52. The third-order valence-electron chi connectivity index (χ3n) is 6.77. The molecule has 1 saturated heterocycles. The number of likely N-dealkylation sites (tertiary alicyclic amines) is 1. The molecule has 1 fully saturated rings. The second-order valence-electron chi connectivity index (χ2n) is 9.14.